The molecular formula is C17H25BrFNO. The molecule has 1 fully saturated rings. The quantitative estimate of drug-likeness (QED) is 0.814. The number of halogens is 2. The van der Waals surface area contributed by atoms with Gasteiger partial charge in [-0.2, -0.15) is 0 Å². The number of hydrogen-bond donors (Lipinski definition) is 1. The van der Waals surface area contributed by atoms with Gasteiger partial charge in [-0.3, -0.25) is 0 Å². The van der Waals surface area contributed by atoms with E-state index in [1.807, 2.05) is 26.1 Å². The van der Waals surface area contributed by atoms with Crippen LogP contribution in [0.5, 0.6) is 0 Å². The van der Waals surface area contributed by atoms with Gasteiger partial charge in [0, 0.05) is 12.2 Å². The Labute approximate surface area is 135 Å². The highest BCUT2D eigenvalue weighted by molar-refractivity contribution is 9.10. The fraction of sp³-hybridized carbons (Fsp3) is 0.647. The molecule has 3 unspecified atom stereocenters. The van der Waals surface area contributed by atoms with Crippen molar-refractivity contribution in [1.82, 2.24) is 5.32 Å². The molecule has 2 nitrogen and oxygen atoms in total. The summed E-state index contributed by atoms with van der Waals surface area (Å²) >= 11 is 3.29. The molecule has 4 heteroatoms. The van der Waals surface area contributed by atoms with Crippen molar-refractivity contribution in [2.24, 2.45) is 5.92 Å². The maximum Gasteiger partial charge on any atom is 0.142 e. The van der Waals surface area contributed by atoms with Crippen LogP contribution in [-0.4, -0.2) is 19.3 Å². The summed E-state index contributed by atoms with van der Waals surface area (Å²) in [6, 6.07) is 5.36. The van der Waals surface area contributed by atoms with Gasteiger partial charge in [-0.05, 0) is 54.7 Å². The van der Waals surface area contributed by atoms with Gasteiger partial charge in [0.15, 0.2) is 0 Å². The van der Waals surface area contributed by atoms with E-state index < -0.39 is 0 Å². The summed E-state index contributed by atoms with van der Waals surface area (Å²) in [4.78, 5) is 0. The van der Waals surface area contributed by atoms with E-state index in [4.69, 9.17) is 4.74 Å². The van der Waals surface area contributed by atoms with Gasteiger partial charge in [0.2, 0.25) is 0 Å². The second kappa shape index (κ2) is 7.21. The largest absolute Gasteiger partial charge is 0.373 e. The number of likely N-dealkylation sites (N-methyl/N-ethyl adjacent to an activating group) is 1. The van der Waals surface area contributed by atoms with Crippen molar-refractivity contribution < 1.29 is 9.13 Å². The maximum atomic E-state index is 14.6. The molecule has 1 aromatic rings. The lowest BCUT2D eigenvalue weighted by molar-refractivity contribution is -0.101. The lowest BCUT2D eigenvalue weighted by Gasteiger charge is -2.45. The normalized spacial score (nSPS) is 27.6. The summed E-state index contributed by atoms with van der Waals surface area (Å²) in [6.45, 7) is 4.93. The highest BCUT2D eigenvalue weighted by Crippen LogP contribution is 2.44. The van der Waals surface area contributed by atoms with Crippen molar-refractivity contribution in [2.45, 2.75) is 51.2 Å². The number of hydrogen-bond acceptors (Lipinski definition) is 2. The van der Waals surface area contributed by atoms with Gasteiger partial charge in [-0.15, -0.1) is 0 Å². The van der Waals surface area contributed by atoms with E-state index in [0.29, 0.717) is 22.6 Å². The fourth-order valence-corrected chi connectivity index (χ4v) is 4.13. The predicted octanol–water partition coefficient (Wildman–Crippen LogP) is 4.83. The Morgan fingerprint density at radius 1 is 1.52 bits per heavy atom. The lowest BCUT2D eigenvalue weighted by Crippen LogP contribution is -2.48. The standard InChI is InChI=1S/C17H25BrFNO/c1-4-21-17(10-6-7-12(2)11-17)16(20-3)13-8-5-9-14(18)15(13)19/h5,8-9,12,16,20H,4,6-7,10-11H2,1-3H3. The van der Waals surface area contributed by atoms with Gasteiger partial charge in [-0.1, -0.05) is 31.9 Å². The first-order chi connectivity index (χ1) is 10.0. The van der Waals surface area contributed by atoms with E-state index in [2.05, 4.69) is 28.2 Å². The lowest BCUT2D eigenvalue weighted by atomic mass is 9.72. The van der Waals surface area contributed by atoms with Crippen LogP contribution >= 0.6 is 15.9 Å². The monoisotopic (exact) mass is 357 g/mol. The predicted molar refractivity (Wildman–Crippen MR) is 87.9 cm³/mol. The van der Waals surface area contributed by atoms with Gasteiger partial charge < -0.3 is 10.1 Å². The van der Waals surface area contributed by atoms with Crippen LogP contribution < -0.4 is 5.32 Å². The fourth-order valence-electron chi connectivity index (χ4n) is 3.75. The van der Waals surface area contributed by atoms with Crippen LogP contribution in [0.25, 0.3) is 0 Å². The van der Waals surface area contributed by atoms with Gasteiger partial charge in [0.25, 0.3) is 0 Å². The molecule has 118 valence electrons. The Morgan fingerprint density at radius 3 is 2.90 bits per heavy atom. The van der Waals surface area contributed by atoms with Crippen LogP contribution in [0.15, 0.2) is 22.7 Å². The number of rotatable bonds is 5. The van der Waals surface area contributed by atoms with E-state index in [9.17, 15) is 4.39 Å². The summed E-state index contributed by atoms with van der Waals surface area (Å²) in [6.07, 6.45) is 4.31. The molecule has 0 amide bonds. The van der Waals surface area contributed by atoms with Crippen molar-refractivity contribution in [1.29, 1.82) is 0 Å². The van der Waals surface area contributed by atoms with Crippen molar-refractivity contribution in [3.05, 3.63) is 34.1 Å². The minimum Gasteiger partial charge on any atom is -0.373 e. The molecule has 1 aliphatic rings. The zero-order valence-electron chi connectivity index (χ0n) is 13.1. The Morgan fingerprint density at radius 2 is 2.29 bits per heavy atom. The molecule has 0 heterocycles. The number of nitrogens with one attached hydrogen (secondary N) is 1. The highest BCUT2D eigenvalue weighted by atomic mass is 79.9. The zero-order chi connectivity index (χ0) is 15.5. The average Bonchev–Trinajstić information content (AvgIpc) is 2.44. The second-order valence-corrected chi connectivity index (χ2v) is 6.92. The second-order valence-electron chi connectivity index (χ2n) is 6.06. The van der Waals surface area contributed by atoms with Crippen molar-refractivity contribution in [2.75, 3.05) is 13.7 Å². The average molecular weight is 358 g/mol. The van der Waals surface area contributed by atoms with E-state index in [-0.39, 0.29) is 17.5 Å². The molecule has 2 rings (SSSR count). The topological polar surface area (TPSA) is 21.3 Å². The van der Waals surface area contributed by atoms with Crippen molar-refractivity contribution >= 4 is 15.9 Å². The first-order valence-electron chi connectivity index (χ1n) is 7.79. The molecule has 21 heavy (non-hydrogen) atoms. The first-order valence-corrected chi connectivity index (χ1v) is 8.58. The molecule has 1 aromatic carbocycles. The summed E-state index contributed by atoms with van der Waals surface area (Å²) < 4.78 is 21.3. The SMILES string of the molecule is CCOC1(C(NC)c2cccc(Br)c2F)CCCC(C)C1. The highest BCUT2D eigenvalue weighted by Gasteiger charge is 2.43. The zero-order valence-corrected chi connectivity index (χ0v) is 14.7. The number of ether oxygens (including phenoxy) is 1. The number of benzene rings is 1. The minimum atomic E-state index is -0.317. The maximum absolute atomic E-state index is 14.6. The van der Waals surface area contributed by atoms with E-state index in [1.165, 1.54) is 6.42 Å². The molecule has 0 spiro atoms. The third-order valence-electron chi connectivity index (χ3n) is 4.53. The summed E-state index contributed by atoms with van der Waals surface area (Å²) in [5, 5.41) is 3.32. The van der Waals surface area contributed by atoms with Gasteiger partial charge >= 0.3 is 0 Å². The molecule has 0 aromatic heterocycles. The molecule has 1 saturated carbocycles. The Bertz CT molecular complexity index is 478. The third kappa shape index (κ3) is 3.49. The van der Waals surface area contributed by atoms with Crippen LogP contribution in [-0.2, 0) is 4.74 Å². The molecule has 0 aliphatic heterocycles. The Hall–Kier alpha value is -0.450. The van der Waals surface area contributed by atoms with Crippen LogP contribution in [0.1, 0.15) is 51.1 Å². The summed E-state index contributed by atoms with van der Waals surface area (Å²) in [5.41, 5.74) is 0.373. The van der Waals surface area contributed by atoms with Gasteiger partial charge in [0.05, 0.1) is 16.1 Å². The molecule has 1 N–H and O–H groups in total. The molecule has 3 atom stereocenters. The van der Waals surface area contributed by atoms with E-state index >= 15 is 0 Å². The van der Waals surface area contributed by atoms with Crippen LogP contribution in [0.4, 0.5) is 4.39 Å². The van der Waals surface area contributed by atoms with Crippen molar-refractivity contribution in [3.8, 4) is 0 Å². The smallest absolute Gasteiger partial charge is 0.142 e. The minimum absolute atomic E-state index is 0.127. The van der Waals surface area contributed by atoms with Crippen LogP contribution in [0.2, 0.25) is 0 Å². The Balaban J connectivity index is 2.42. The van der Waals surface area contributed by atoms with Crippen molar-refractivity contribution in [3.63, 3.8) is 0 Å². The van der Waals surface area contributed by atoms with E-state index in [1.54, 1.807) is 6.07 Å². The van der Waals surface area contributed by atoms with Gasteiger partial charge in [0.1, 0.15) is 5.82 Å². The molecule has 0 radical (unpaired) electrons. The molecular weight excluding hydrogens is 333 g/mol. The van der Waals surface area contributed by atoms with Gasteiger partial charge in [-0.25, -0.2) is 4.39 Å². The summed E-state index contributed by atoms with van der Waals surface area (Å²) in [5.74, 6) is 0.422. The summed E-state index contributed by atoms with van der Waals surface area (Å²) in [7, 11) is 1.89. The Kier molecular flexibility index (Phi) is 5.81. The van der Waals surface area contributed by atoms with Crippen LogP contribution in [0, 0.1) is 11.7 Å². The molecule has 0 bridgehead atoms. The molecule has 1 aliphatic carbocycles. The first kappa shape index (κ1) is 16.9. The molecule has 0 saturated heterocycles. The third-order valence-corrected chi connectivity index (χ3v) is 5.14. The van der Waals surface area contributed by atoms with Crippen LogP contribution in [0.3, 0.4) is 0 Å². The van der Waals surface area contributed by atoms with E-state index in [0.717, 1.165) is 19.3 Å².